The minimum atomic E-state index is 0.322. The molecule has 0 spiro atoms. The highest BCUT2D eigenvalue weighted by atomic mass is 32.2. The summed E-state index contributed by atoms with van der Waals surface area (Å²) in [6.07, 6.45) is 2.32. The summed E-state index contributed by atoms with van der Waals surface area (Å²) in [4.78, 5) is 0. The lowest BCUT2D eigenvalue weighted by molar-refractivity contribution is 0.122. The Morgan fingerprint density at radius 2 is 2.38 bits per heavy atom. The van der Waals surface area contributed by atoms with E-state index in [1.807, 2.05) is 13.2 Å². The highest BCUT2D eigenvalue weighted by Crippen LogP contribution is 1.87. The van der Waals surface area contributed by atoms with Crippen molar-refractivity contribution in [2.24, 2.45) is 0 Å². The van der Waals surface area contributed by atoms with E-state index in [1.54, 1.807) is 19.1 Å². The van der Waals surface area contributed by atoms with E-state index in [-0.39, 0.29) is 0 Å². The first kappa shape index (κ1) is 8.27. The van der Waals surface area contributed by atoms with Crippen LogP contribution in [0.5, 0.6) is 0 Å². The van der Waals surface area contributed by atoms with E-state index in [1.165, 1.54) is 0 Å². The number of nitrogens with one attached hydrogen (secondary N) is 1. The molecule has 1 N–H and O–H groups in total. The fourth-order valence-corrected chi connectivity index (χ4v) is 0.685. The largest absolute Gasteiger partial charge is 0.380 e. The molecule has 0 heterocycles. The van der Waals surface area contributed by atoms with Gasteiger partial charge in [-0.25, -0.2) is 0 Å². The van der Waals surface area contributed by atoms with E-state index >= 15 is 0 Å². The second-order valence-corrected chi connectivity index (χ2v) is 2.30. The molecular weight excluding hydrogens is 122 g/mol. The lowest BCUT2D eigenvalue weighted by atomic mass is 10.4. The van der Waals surface area contributed by atoms with Gasteiger partial charge < -0.3 is 4.74 Å². The molecule has 0 aromatic carbocycles. The van der Waals surface area contributed by atoms with Crippen LogP contribution < -0.4 is 4.72 Å². The van der Waals surface area contributed by atoms with Crippen LogP contribution in [0.15, 0.2) is 0 Å². The lowest BCUT2D eigenvalue weighted by Gasteiger charge is -2.07. The first-order valence-corrected chi connectivity index (χ1v) is 3.82. The van der Waals surface area contributed by atoms with Crippen molar-refractivity contribution >= 4 is 11.9 Å². The third-order valence-corrected chi connectivity index (χ3v) is 1.37. The molecule has 0 saturated carbocycles. The smallest absolute Gasteiger partial charge is 0.0676 e. The van der Waals surface area contributed by atoms with Gasteiger partial charge in [0.25, 0.3) is 0 Å². The highest BCUT2D eigenvalue weighted by molar-refractivity contribution is 7.96. The van der Waals surface area contributed by atoms with Gasteiger partial charge in [0.15, 0.2) is 0 Å². The first-order chi connectivity index (χ1) is 3.81. The average molecular weight is 135 g/mol. The van der Waals surface area contributed by atoms with Crippen molar-refractivity contribution in [3.05, 3.63) is 0 Å². The third kappa shape index (κ3) is 4.43. The second kappa shape index (κ2) is 5.41. The topological polar surface area (TPSA) is 21.3 Å². The van der Waals surface area contributed by atoms with Crippen LogP contribution in [0.25, 0.3) is 0 Å². The number of hydrogen-bond donors (Lipinski definition) is 1. The van der Waals surface area contributed by atoms with Crippen LogP contribution >= 0.6 is 11.9 Å². The zero-order chi connectivity index (χ0) is 6.41. The van der Waals surface area contributed by atoms with Crippen LogP contribution in [-0.2, 0) is 4.74 Å². The molecule has 1 unspecified atom stereocenters. The number of ether oxygens (including phenoxy) is 1. The second-order valence-electron chi connectivity index (χ2n) is 1.60. The predicted octanol–water partition coefficient (Wildman–Crippen LogP) is 0.889. The van der Waals surface area contributed by atoms with Crippen LogP contribution in [-0.4, -0.2) is 26.0 Å². The van der Waals surface area contributed by atoms with Crippen molar-refractivity contribution in [3.63, 3.8) is 0 Å². The molecule has 3 heteroatoms. The molecule has 0 aliphatic rings. The lowest BCUT2D eigenvalue weighted by Crippen LogP contribution is -2.20. The van der Waals surface area contributed by atoms with E-state index in [0.29, 0.717) is 6.10 Å². The van der Waals surface area contributed by atoms with Gasteiger partial charge in [0.2, 0.25) is 0 Å². The molecule has 0 amide bonds. The van der Waals surface area contributed by atoms with Crippen LogP contribution in [0, 0.1) is 0 Å². The fraction of sp³-hybridized carbons (Fsp3) is 1.00. The summed E-state index contributed by atoms with van der Waals surface area (Å²) in [5.41, 5.74) is 0. The van der Waals surface area contributed by atoms with Crippen molar-refractivity contribution in [2.75, 3.05) is 19.9 Å². The van der Waals surface area contributed by atoms with Gasteiger partial charge in [-0.3, -0.25) is 4.72 Å². The standard InChI is InChI=1S/C5H13NOS/c1-5(7-2)4-6-8-3/h5-6H,4H2,1-3H3. The Balaban J connectivity index is 2.86. The van der Waals surface area contributed by atoms with E-state index in [0.717, 1.165) is 6.54 Å². The maximum Gasteiger partial charge on any atom is 0.0676 e. The van der Waals surface area contributed by atoms with Gasteiger partial charge in [0.1, 0.15) is 0 Å². The summed E-state index contributed by atoms with van der Waals surface area (Å²) in [5, 5.41) is 0. The quantitative estimate of drug-likeness (QED) is 0.578. The number of hydrogen-bond acceptors (Lipinski definition) is 3. The van der Waals surface area contributed by atoms with Gasteiger partial charge in [-0.1, -0.05) is 11.9 Å². The minimum Gasteiger partial charge on any atom is -0.380 e. The Morgan fingerprint density at radius 1 is 1.75 bits per heavy atom. The van der Waals surface area contributed by atoms with E-state index in [9.17, 15) is 0 Å². The number of rotatable bonds is 4. The molecule has 0 aromatic heterocycles. The third-order valence-electron chi connectivity index (χ3n) is 0.917. The zero-order valence-corrected chi connectivity index (χ0v) is 6.42. The first-order valence-electron chi connectivity index (χ1n) is 2.60. The van der Waals surface area contributed by atoms with Gasteiger partial charge in [-0.2, -0.15) is 0 Å². The van der Waals surface area contributed by atoms with Crippen molar-refractivity contribution in [1.29, 1.82) is 0 Å². The molecule has 8 heavy (non-hydrogen) atoms. The minimum absolute atomic E-state index is 0.322. The maximum absolute atomic E-state index is 4.98. The molecule has 0 aliphatic heterocycles. The van der Waals surface area contributed by atoms with Crippen molar-refractivity contribution in [1.82, 2.24) is 4.72 Å². The average Bonchev–Trinajstić information content (AvgIpc) is 1.83. The molecule has 0 aliphatic carbocycles. The molecule has 0 rings (SSSR count). The Morgan fingerprint density at radius 3 is 2.75 bits per heavy atom. The van der Waals surface area contributed by atoms with Crippen molar-refractivity contribution in [2.45, 2.75) is 13.0 Å². The molecule has 0 fully saturated rings. The molecule has 0 saturated heterocycles. The Hall–Kier alpha value is 0.270. The van der Waals surface area contributed by atoms with Crippen LogP contribution in [0.3, 0.4) is 0 Å². The summed E-state index contributed by atoms with van der Waals surface area (Å²) < 4.78 is 8.07. The van der Waals surface area contributed by atoms with Gasteiger partial charge in [-0.05, 0) is 13.2 Å². The van der Waals surface area contributed by atoms with E-state index in [2.05, 4.69) is 4.72 Å². The van der Waals surface area contributed by atoms with Crippen molar-refractivity contribution in [3.8, 4) is 0 Å². The summed E-state index contributed by atoms with van der Waals surface area (Å²) in [7, 11) is 1.71. The molecule has 0 bridgehead atoms. The molecule has 1 atom stereocenters. The molecule has 50 valence electrons. The molecule has 0 aromatic rings. The summed E-state index contributed by atoms with van der Waals surface area (Å²) in [6, 6.07) is 0. The zero-order valence-electron chi connectivity index (χ0n) is 5.60. The van der Waals surface area contributed by atoms with Gasteiger partial charge >= 0.3 is 0 Å². The Bertz CT molecular complexity index is 51.7. The summed E-state index contributed by atoms with van der Waals surface area (Å²) in [5.74, 6) is 0. The molecule has 0 radical (unpaired) electrons. The molecular formula is C5H13NOS. The highest BCUT2D eigenvalue weighted by Gasteiger charge is 1.94. The SMILES string of the molecule is COC(C)CNSC. The Labute approximate surface area is 55.1 Å². The summed E-state index contributed by atoms with van der Waals surface area (Å²) in [6.45, 7) is 2.95. The normalized spacial score (nSPS) is 13.9. The van der Waals surface area contributed by atoms with Gasteiger partial charge in [0.05, 0.1) is 6.10 Å². The molecule has 2 nitrogen and oxygen atoms in total. The van der Waals surface area contributed by atoms with Gasteiger partial charge in [0, 0.05) is 13.7 Å². The van der Waals surface area contributed by atoms with Gasteiger partial charge in [-0.15, -0.1) is 0 Å². The summed E-state index contributed by atoms with van der Waals surface area (Å²) >= 11 is 1.62. The maximum atomic E-state index is 4.98. The van der Waals surface area contributed by atoms with E-state index in [4.69, 9.17) is 4.74 Å². The fourth-order valence-electron chi connectivity index (χ4n) is 0.284. The Kier molecular flexibility index (Phi) is 5.59. The van der Waals surface area contributed by atoms with Crippen LogP contribution in [0.2, 0.25) is 0 Å². The van der Waals surface area contributed by atoms with Crippen LogP contribution in [0.1, 0.15) is 6.92 Å². The van der Waals surface area contributed by atoms with Crippen molar-refractivity contribution < 1.29 is 4.74 Å². The van der Waals surface area contributed by atoms with Crippen LogP contribution in [0.4, 0.5) is 0 Å². The number of methoxy groups -OCH3 is 1. The van der Waals surface area contributed by atoms with E-state index < -0.39 is 0 Å². The monoisotopic (exact) mass is 135 g/mol. The predicted molar refractivity (Wildman–Crippen MR) is 38.0 cm³/mol.